The second-order valence-electron chi connectivity index (χ2n) is 5.96. The van der Waals surface area contributed by atoms with Crippen molar-refractivity contribution >= 4 is 17.3 Å². The molecule has 2 atom stereocenters. The quantitative estimate of drug-likeness (QED) is 0.924. The predicted molar refractivity (Wildman–Crippen MR) is 74.3 cm³/mol. The van der Waals surface area contributed by atoms with Crippen molar-refractivity contribution in [2.45, 2.75) is 39.7 Å². The van der Waals surface area contributed by atoms with Gasteiger partial charge in [0.15, 0.2) is 0 Å². The molecule has 1 aliphatic heterocycles. The van der Waals surface area contributed by atoms with Gasteiger partial charge in [-0.2, -0.15) is 0 Å². The van der Waals surface area contributed by atoms with Gasteiger partial charge in [-0.1, -0.05) is 6.42 Å². The normalized spacial score (nSPS) is 30.7. The first kappa shape index (κ1) is 13.1. The van der Waals surface area contributed by atoms with Crippen LogP contribution < -0.4 is 0 Å². The van der Waals surface area contributed by atoms with Gasteiger partial charge in [-0.05, 0) is 32.6 Å². The van der Waals surface area contributed by atoms with Crippen LogP contribution in [0.25, 0.3) is 0 Å². The number of hydrogen-bond acceptors (Lipinski definition) is 4. The topological polar surface area (TPSA) is 53.4 Å². The summed E-state index contributed by atoms with van der Waals surface area (Å²) in [5.74, 6) is -0.242. The Morgan fingerprint density at radius 2 is 2.37 bits per heavy atom. The number of hydrogen-bond donors (Lipinski definition) is 1. The maximum atomic E-state index is 11.6. The Balaban J connectivity index is 1.76. The molecule has 1 saturated heterocycles. The SMILES string of the molecule is Cc1nc(C)c(CN2C[C@@H]3CCC[C@@]3(C(=O)O)C2)s1. The fraction of sp³-hybridized carbons (Fsp3) is 0.714. The van der Waals surface area contributed by atoms with E-state index in [4.69, 9.17) is 0 Å². The molecule has 1 saturated carbocycles. The maximum Gasteiger partial charge on any atom is 0.311 e. The lowest BCUT2D eigenvalue weighted by Gasteiger charge is -2.23. The minimum absolute atomic E-state index is 0.347. The number of carboxylic acids is 1. The van der Waals surface area contributed by atoms with E-state index in [0.717, 1.165) is 43.1 Å². The molecule has 0 radical (unpaired) electrons. The van der Waals surface area contributed by atoms with Crippen molar-refractivity contribution in [1.29, 1.82) is 0 Å². The Hall–Kier alpha value is -0.940. The molecule has 3 rings (SSSR count). The third kappa shape index (κ3) is 2.09. The fourth-order valence-corrected chi connectivity index (χ4v) is 4.77. The summed E-state index contributed by atoms with van der Waals surface area (Å²) < 4.78 is 0. The number of fused-ring (bicyclic) bond motifs is 1. The summed E-state index contributed by atoms with van der Waals surface area (Å²) in [6.45, 7) is 6.58. The molecule has 1 aliphatic carbocycles. The molecule has 1 aromatic heterocycles. The molecule has 104 valence electrons. The zero-order valence-corrected chi connectivity index (χ0v) is 12.3. The van der Waals surface area contributed by atoms with Crippen LogP contribution in [0.3, 0.4) is 0 Å². The van der Waals surface area contributed by atoms with E-state index in [1.54, 1.807) is 11.3 Å². The molecule has 2 aliphatic rings. The molecule has 1 aromatic rings. The Morgan fingerprint density at radius 3 is 2.95 bits per heavy atom. The molecule has 0 unspecified atom stereocenters. The van der Waals surface area contributed by atoms with E-state index in [2.05, 4.69) is 9.88 Å². The standard InChI is InChI=1S/C14H20N2O2S/c1-9-12(19-10(2)15-9)7-16-6-11-4-3-5-14(11,8-16)13(17)18/h11H,3-8H2,1-2H3,(H,17,18)/t11-,14+/m0/s1. The van der Waals surface area contributed by atoms with Crippen LogP contribution in [0.5, 0.6) is 0 Å². The summed E-state index contributed by atoms with van der Waals surface area (Å²) in [6, 6.07) is 0. The lowest BCUT2D eigenvalue weighted by molar-refractivity contribution is -0.149. The van der Waals surface area contributed by atoms with Gasteiger partial charge in [-0.25, -0.2) is 4.98 Å². The smallest absolute Gasteiger partial charge is 0.311 e. The van der Waals surface area contributed by atoms with Crippen molar-refractivity contribution in [2.24, 2.45) is 11.3 Å². The number of aryl methyl sites for hydroxylation is 2. The molecular weight excluding hydrogens is 260 g/mol. The molecular formula is C14H20N2O2S. The summed E-state index contributed by atoms with van der Waals surface area (Å²) in [7, 11) is 0. The average molecular weight is 280 g/mol. The van der Waals surface area contributed by atoms with Crippen molar-refractivity contribution in [2.75, 3.05) is 13.1 Å². The number of thiazole rings is 1. The van der Waals surface area contributed by atoms with Crippen molar-refractivity contribution in [3.05, 3.63) is 15.6 Å². The fourth-order valence-electron chi connectivity index (χ4n) is 3.79. The van der Waals surface area contributed by atoms with Crippen LogP contribution in [0.1, 0.15) is 34.8 Å². The predicted octanol–water partition coefficient (Wildman–Crippen LogP) is 2.45. The molecule has 0 amide bonds. The van der Waals surface area contributed by atoms with E-state index in [9.17, 15) is 9.90 Å². The van der Waals surface area contributed by atoms with Gasteiger partial charge in [0.25, 0.3) is 0 Å². The number of likely N-dealkylation sites (tertiary alicyclic amines) is 1. The van der Waals surface area contributed by atoms with E-state index < -0.39 is 11.4 Å². The van der Waals surface area contributed by atoms with E-state index in [1.165, 1.54) is 4.88 Å². The molecule has 0 bridgehead atoms. The zero-order chi connectivity index (χ0) is 13.6. The Labute approximate surface area is 117 Å². The van der Waals surface area contributed by atoms with E-state index in [-0.39, 0.29) is 0 Å². The Bertz CT molecular complexity index is 514. The average Bonchev–Trinajstić information content (AvgIpc) is 2.92. The van der Waals surface area contributed by atoms with Gasteiger partial charge in [-0.3, -0.25) is 9.69 Å². The second kappa shape index (κ2) is 4.56. The van der Waals surface area contributed by atoms with Gasteiger partial charge >= 0.3 is 5.97 Å². The monoisotopic (exact) mass is 280 g/mol. The number of aromatic nitrogens is 1. The number of nitrogens with zero attached hydrogens (tertiary/aromatic N) is 2. The van der Waals surface area contributed by atoms with Crippen molar-refractivity contribution in [1.82, 2.24) is 9.88 Å². The van der Waals surface area contributed by atoms with Crippen LogP contribution in [0.4, 0.5) is 0 Å². The second-order valence-corrected chi connectivity index (χ2v) is 7.25. The van der Waals surface area contributed by atoms with E-state index in [0.29, 0.717) is 12.5 Å². The number of carboxylic acid groups (broad SMARTS) is 1. The molecule has 2 fully saturated rings. The highest BCUT2D eigenvalue weighted by Crippen LogP contribution is 2.49. The Kier molecular flexibility index (Phi) is 3.14. The lowest BCUT2D eigenvalue weighted by atomic mass is 9.81. The number of rotatable bonds is 3. The van der Waals surface area contributed by atoms with Gasteiger partial charge in [0.2, 0.25) is 0 Å². The highest BCUT2D eigenvalue weighted by Gasteiger charge is 2.54. The van der Waals surface area contributed by atoms with Gasteiger partial charge in [0.05, 0.1) is 16.1 Å². The van der Waals surface area contributed by atoms with Gasteiger partial charge in [-0.15, -0.1) is 11.3 Å². The van der Waals surface area contributed by atoms with Crippen molar-refractivity contribution < 1.29 is 9.90 Å². The molecule has 4 nitrogen and oxygen atoms in total. The number of carbonyl (C=O) groups is 1. The van der Waals surface area contributed by atoms with Crippen molar-refractivity contribution in [3.8, 4) is 0 Å². The lowest BCUT2D eigenvalue weighted by Crippen LogP contribution is -2.35. The first-order valence-electron chi connectivity index (χ1n) is 6.90. The third-order valence-electron chi connectivity index (χ3n) is 4.73. The van der Waals surface area contributed by atoms with Crippen molar-refractivity contribution in [3.63, 3.8) is 0 Å². The highest BCUT2D eigenvalue weighted by atomic mass is 32.1. The maximum absolute atomic E-state index is 11.6. The minimum Gasteiger partial charge on any atom is -0.481 e. The van der Waals surface area contributed by atoms with Crippen LogP contribution in [0, 0.1) is 25.2 Å². The molecule has 1 N–H and O–H groups in total. The highest BCUT2D eigenvalue weighted by molar-refractivity contribution is 7.11. The van der Waals surface area contributed by atoms with E-state index in [1.807, 2.05) is 13.8 Å². The van der Waals surface area contributed by atoms with Crippen LogP contribution >= 0.6 is 11.3 Å². The van der Waals surface area contributed by atoms with Crippen LogP contribution in [-0.2, 0) is 11.3 Å². The zero-order valence-electron chi connectivity index (χ0n) is 11.5. The summed E-state index contributed by atoms with van der Waals surface area (Å²) in [4.78, 5) is 19.7. The third-order valence-corrected chi connectivity index (χ3v) is 5.79. The first-order chi connectivity index (χ1) is 9.01. The first-order valence-corrected chi connectivity index (χ1v) is 7.71. The molecule has 19 heavy (non-hydrogen) atoms. The van der Waals surface area contributed by atoms with Crippen LogP contribution in [0.2, 0.25) is 0 Å². The molecule has 0 spiro atoms. The summed E-state index contributed by atoms with van der Waals surface area (Å²) >= 11 is 1.74. The summed E-state index contributed by atoms with van der Waals surface area (Å²) in [5, 5.41) is 10.7. The summed E-state index contributed by atoms with van der Waals surface area (Å²) in [5.41, 5.74) is 0.636. The van der Waals surface area contributed by atoms with Gasteiger partial charge < -0.3 is 5.11 Å². The molecule has 2 heterocycles. The van der Waals surface area contributed by atoms with Crippen LogP contribution in [0.15, 0.2) is 0 Å². The van der Waals surface area contributed by atoms with Gasteiger partial charge in [0, 0.05) is 24.5 Å². The van der Waals surface area contributed by atoms with E-state index >= 15 is 0 Å². The minimum atomic E-state index is -0.588. The molecule has 0 aromatic carbocycles. The number of aliphatic carboxylic acids is 1. The van der Waals surface area contributed by atoms with Gasteiger partial charge in [0.1, 0.15) is 0 Å². The van der Waals surface area contributed by atoms with Crippen LogP contribution in [-0.4, -0.2) is 34.0 Å². The largest absolute Gasteiger partial charge is 0.481 e. The summed E-state index contributed by atoms with van der Waals surface area (Å²) in [6.07, 6.45) is 3.00. The Morgan fingerprint density at radius 1 is 1.58 bits per heavy atom. The molecule has 5 heteroatoms.